The number of fused-ring (bicyclic) bond motifs is 1. The van der Waals surface area contributed by atoms with Gasteiger partial charge in [-0.2, -0.15) is 0 Å². The summed E-state index contributed by atoms with van der Waals surface area (Å²) in [5.41, 5.74) is 0.311. The average molecular weight is 336 g/mol. The van der Waals surface area contributed by atoms with Crippen LogP contribution >= 0.6 is 11.6 Å². The molecule has 0 saturated carbocycles. The van der Waals surface area contributed by atoms with Crippen LogP contribution in [0.4, 0.5) is 0 Å². The summed E-state index contributed by atoms with van der Waals surface area (Å²) in [6, 6.07) is 11.5. The van der Waals surface area contributed by atoms with Crippen LogP contribution in [0.1, 0.15) is 16.6 Å². The van der Waals surface area contributed by atoms with E-state index in [1.807, 2.05) is 6.92 Å². The van der Waals surface area contributed by atoms with Gasteiger partial charge in [0, 0.05) is 27.7 Å². The summed E-state index contributed by atoms with van der Waals surface area (Å²) in [5.74, 6) is 0. The average Bonchev–Trinajstić information content (AvgIpc) is 2.89. The lowest BCUT2D eigenvalue weighted by molar-refractivity contribution is 0.256. The molecular weight excluding hydrogens is 322 g/mol. The lowest BCUT2D eigenvalue weighted by Gasteiger charge is -2.12. The van der Waals surface area contributed by atoms with Gasteiger partial charge in [0.25, 0.3) is 0 Å². The van der Waals surface area contributed by atoms with Crippen LogP contribution in [0, 0.1) is 6.92 Å². The van der Waals surface area contributed by atoms with Crippen LogP contribution in [-0.4, -0.2) is 18.5 Å². The first kappa shape index (κ1) is 15.1. The minimum absolute atomic E-state index is 0.0852. The molecule has 2 aromatic carbocycles. The maximum absolute atomic E-state index is 12.6. The topological polar surface area (TPSA) is 70.2 Å². The van der Waals surface area contributed by atoms with E-state index in [0.29, 0.717) is 10.4 Å². The molecule has 114 valence electrons. The van der Waals surface area contributed by atoms with E-state index in [4.69, 9.17) is 11.6 Å². The molecule has 1 atom stereocenters. The van der Waals surface area contributed by atoms with Crippen LogP contribution in [0.25, 0.3) is 10.9 Å². The monoisotopic (exact) mass is 335 g/mol. The molecule has 0 amide bonds. The summed E-state index contributed by atoms with van der Waals surface area (Å²) < 4.78 is 25.1. The number of aliphatic hydroxyl groups is 1. The molecule has 2 N–H and O–H groups in total. The third kappa shape index (κ3) is 2.52. The van der Waals surface area contributed by atoms with Crippen molar-refractivity contribution in [1.29, 1.82) is 0 Å². The Bertz CT molecular complexity index is 930. The number of aromatic amines is 1. The Kier molecular flexibility index (Phi) is 3.72. The molecule has 1 heterocycles. The standard InChI is InChI=1S/C16H14ClNO3S/c1-10-2-5-12(6-3-10)22(20,21)16(19)14-9-18-15-7-4-11(17)8-13(14)15/h2-9,16,18-19H,1H3. The molecule has 3 rings (SSSR count). The number of hydrogen-bond donors (Lipinski definition) is 2. The minimum Gasteiger partial charge on any atom is -0.373 e. The second kappa shape index (κ2) is 5.43. The van der Waals surface area contributed by atoms with Gasteiger partial charge >= 0.3 is 0 Å². The number of rotatable bonds is 3. The SMILES string of the molecule is Cc1ccc(S(=O)(=O)C(O)c2c[nH]c3ccc(Cl)cc23)cc1. The Balaban J connectivity index is 2.10. The Morgan fingerprint density at radius 3 is 2.50 bits per heavy atom. The van der Waals surface area contributed by atoms with Gasteiger partial charge in [0.1, 0.15) is 0 Å². The first-order valence-corrected chi connectivity index (χ1v) is 8.57. The van der Waals surface area contributed by atoms with Crippen LogP contribution in [-0.2, 0) is 9.84 Å². The second-order valence-corrected chi connectivity index (χ2v) is 7.59. The van der Waals surface area contributed by atoms with E-state index in [0.717, 1.165) is 11.1 Å². The number of aryl methyl sites for hydroxylation is 1. The van der Waals surface area contributed by atoms with E-state index in [1.54, 1.807) is 30.3 Å². The summed E-state index contributed by atoms with van der Waals surface area (Å²) in [6.45, 7) is 1.87. The van der Waals surface area contributed by atoms with E-state index in [1.165, 1.54) is 18.3 Å². The molecule has 0 aliphatic heterocycles. The number of aliphatic hydroxyl groups excluding tert-OH is 1. The van der Waals surface area contributed by atoms with Gasteiger partial charge in [-0.05, 0) is 37.3 Å². The third-order valence-electron chi connectivity index (χ3n) is 3.59. The normalized spacial score (nSPS) is 13.4. The van der Waals surface area contributed by atoms with E-state index in [2.05, 4.69) is 4.98 Å². The molecule has 1 unspecified atom stereocenters. The maximum Gasteiger partial charge on any atom is 0.209 e. The highest BCUT2D eigenvalue weighted by Crippen LogP contribution is 2.32. The van der Waals surface area contributed by atoms with Crippen LogP contribution < -0.4 is 0 Å². The van der Waals surface area contributed by atoms with Crippen LogP contribution in [0.2, 0.25) is 5.02 Å². The van der Waals surface area contributed by atoms with Crippen molar-refractivity contribution >= 4 is 32.3 Å². The zero-order valence-corrected chi connectivity index (χ0v) is 13.3. The minimum atomic E-state index is -3.89. The van der Waals surface area contributed by atoms with E-state index < -0.39 is 15.3 Å². The highest BCUT2D eigenvalue weighted by atomic mass is 35.5. The van der Waals surface area contributed by atoms with E-state index >= 15 is 0 Å². The molecule has 0 spiro atoms. The molecule has 0 bridgehead atoms. The largest absolute Gasteiger partial charge is 0.373 e. The van der Waals surface area contributed by atoms with Gasteiger partial charge in [0.2, 0.25) is 9.84 Å². The van der Waals surface area contributed by atoms with Crippen molar-refractivity contribution in [3.8, 4) is 0 Å². The van der Waals surface area contributed by atoms with Crippen LogP contribution in [0.15, 0.2) is 53.6 Å². The van der Waals surface area contributed by atoms with Crippen molar-refractivity contribution in [2.45, 2.75) is 17.3 Å². The van der Waals surface area contributed by atoms with Crippen molar-refractivity contribution < 1.29 is 13.5 Å². The number of hydrogen-bond acceptors (Lipinski definition) is 3. The fourth-order valence-electron chi connectivity index (χ4n) is 2.34. The molecule has 0 aliphatic carbocycles. The number of benzene rings is 2. The second-order valence-electron chi connectivity index (χ2n) is 5.14. The zero-order valence-electron chi connectivity index (χ0n) is 11.7. The number of halogens is 1. The van der Waals surface area contributed by atoms with Crippen molar-refractivity contribution in [3.05, 3.63) is 64.8 Å². The van der Waals surface area contributed by atoms with Crippen molar-refractivity contribution in [3.63, 3.8) is 0 Å². The molecule has 4 nitrogen and oxygen atoms in total. The maximum atomic E-state index is 12.6. The summed E-state index contributed by atoms with van der Waals surface area (Å²) >= 11 is 5.96. The summed E-state index contributed by atoms with van der Waals surface area (Å²) in [7, 11) is -3.89. The van der Waals surface area contributed by atoms with Gasteiger partial charge in [0.15, 0.2) is 5.44 Å². The number of sulfone groups is 1. The Morgan fingerprint density at radius 1 is 1.14 bits per heavy atom. The smallest absolute Gasteiger partial charge is 0.209 e. The van der Waals surface area contributed by atoms with Gasteiger partial charge in [-0.3, -0.25) is 0 Å². The fraction of sp³-hybridized carbons (Fsp3) is 0.125. The lowest BCUT2D eigenvalue weighted by atomic mass is 10.2. The molecule has 0 radical (unpaired) electrons. The van der Waals surface area contributed by atoms with Gasteiger partial charge in [-0.1, -0.05) is 29.3 Å². The van der Waals surface area contributed by atoms with Gasteiger partial charge < -0.3 is 10.1 Å². The van der Waals surface area contributed by atoms with Crippen LogP contribution in [0.5, 0.6) is 0 Å². The van der Waals surface area contributed by atoms with Gasteiger partial charge in [0.05, 0.1) is 4.90 Å². The molecule has 22 heavy (non-hydrogen) atoms. The van der Waals surface area contributed by atoms with Gasteiger partial charge in [-0.25, -0.2) is 8.42 Å². The third-order valence-corrected chi connectivity index (χ3v) is 5.59. The molecule has 0 fully saturated rings. The zero-order chi connectivity index (χ0) is 15.9. The van der Waals surface area contributed by atoms with Crippen molar-refractivity contribution in [1.82, 2.24) is 4.98 Å². The molecule has 1 aromatic heterocycles. The predicted octanol–water partition coefficient (Wildman–Crippen LogP) is 3.59. The fourth-order valence-corrected chi connectivity index (χ4v) is 3.82. The first-order valence-electron chi connectivity index (χ1n) is 6.65. The molecular formula is C16H14ClNO3S. The highest BCUT2D eigenvalue weighted by Gasteiger charge is 2.29. The molecule has 0 aliphatic rings. The predicted molar refractivity (Wildman–Crippen MR) is 86.6 cm³/mol. The molecule has 3 aromatic rings. The Labute approximate surface area is 133 Å². The first-order chi connectivity index (χ1) is 10.4. The highest BCUT2D eigenvalue weighted by molar-refractivity contribution is 7.91. The number of nitrogens with one attached hydrogen (secondary N) is 1. The number of aromatic nitrogens is 1. The summed E-state index contributed by atoms with van der Waals surface area (Å²) in [5, 5.41) is 11.5. The van der Waals surface area contributed by atoms with Crippen molar-refractivity contribution in [2.24, 2.45) is 0 Å². The molecule has 0 saturated heterocycles. The van der Waals surface area contributed by atoms with E-state index in [9.17, 15) is 13.5 Å². The lowest BCUT2D eigenvalue weighted by Crippen LogP contribution is -2.13. The van der Waals surface area contributed by atoms with Crippen LogP contribution in [0.3, 0.4) is 0 Å². The summed E-state index contributed by atoms with van der Waals surface area (Å²) in [4.78, 5) is 3.03. The van der Waals surface area contributed by atoms with E-state index in [-0.39, 0.29) is 10.5 Å². The summed E-state index contributed by atoms with van der Waals surface area (Å²) in [6.07, 6.45) is 1.50. The quantitative estimate of drug-likeness (QED) is 0.768. The molecule has 6 heteroatoms. The Morgan fingerprint density at radius 2 is 1.82 bits per heavy atom. The van der Waals surface area contributed by atoms with Gasteiger partial charge in [-0.15, -0.1) is 0 Å². The number of H-pyrrole nitrogens is 1. The van der Waals surface area contributed by atoms with Crippen molar-refractivity contribution in [2.75, 3.05) is 0 Å². The Hall–Kier alpha value is -1.82.